The predicted octanol–water partition coefficient (Wildman–Crippen LogP) is 1.59. The van der Waals surface area contributed by atoms with E-state index in [-0.39, 0.29) is 5.95 Å². The molecular weight excluding hydrogens is 246 g/mol. The lowest BCUT2D eigenvalue weighted by molar-refractivity contribution is 0.272. The minimum Gasteiger partial charge on any atom is -0.501 e. The lowest BCUT2D eigenvalue weighted by Crippen LogP contribution is -2.11. The van der Waals surface area contributed by atoms with Crippen LogP contribution in [0.25, 0.3) is 0 Å². The Morgan fingerprint density at radius 1 is 1.32 bits per heavy atom. The minimum absolute atomic E-state index is 0.117. The molecule has 1 aromatic heterocycles. The average Bonchev–Trinajstić information content (AvgIpc) is 2.42. The van der Waals surface area contributed by atoms with Gasteiger partial charge in [0.1, 0.15) is 6.61 Å². The van der Waals surface area contributed by atoms with Crippen molar-refractivity contribution in [2.24, 2.45) is 0 Å². The highest BCUT2D eigenvalue weighted by Gasteiger charge is 2.09. The van der Waals surface area contributed by atoms with Crippen molar-refractivity contribution < 1.29 is 9.47 Å². The molecule has 106 valence electrons. The molecule has 0 bridgehead atoms. The van der Waals surface area contributed by atoms with Gasteiger partial charge in [-0.25, -0.2) is 0 Å². The first-order valence-electron chi connectivity index (χ1n) is 6.15. The van der Waals surface area contributed by atoms with E-state index in [0.717, 1.165) is 24.3 Å². The fraction of sp³-hybridized carbons (Fsp3) is 0.583. The molecule has 0 aliphatic heterocycles. The van der Waals surface area contributed by atoms with E-state index in [1.165, 1.54) is 0 Å². The van der Waals surface area contributed by atoms with Crippen molar-refractivity contribution in [3.63, 3.8) is 0 Å². The second-order valence-corrected chi connectivity index (χ2v) is 4.08. The summed E-state index contributed by atoms with van der Waals surface area (Å²) in [5, 5.41) is 10.7. The van der Waals surface area contributed by atoms with Crippen molar-refractivity contribution in [1.82, 2.24) is 15.2 Å². The van der Waals surface area contributed by atoms with E-state index >= 15 is 0 Å². The van der Waals surface area contributed by atoms with E-state index in [1.807, 2.05) is 13.8 Å². The van der Waals surface area contributed by atoms with Crippen LogP contribution in [0.5, 0.6) is 5.88 Å². The van der Waals surface area contributed by atoms with Crippen molar-refractivity contribution >= 4 is 11.8 Å². The molecule has 19 heavy (non-hydrogen) atoms. The van der Waals surface area contributed by atoms with Gasteiger partial charge in [0.05, 0.1) is 12.9 Å². The van der Waals surface area contributed by atoms with Crippen LogP contribution in [0.4, 0.5) is 11.8 Å². The first kappa shape index (κ1) is 15.0. The highest BCUT2D eigenvalue weighted by atomic mass is 16.5. The van der Waals surface area contributed by atoms with Crippen LogP contribution >= 0.6 is 0 Å². The van der Waals surface area contributed by atoms with E-state index in [1.54, 1.807) is 7.11 Å². The third-order valence-electron chi connectivity index (χ3n) is 2.55. The molecule has 0 unspecified atom stereocenters. The number of methoxy groups -OCH3 is 1. The number of nitrogens with one attached hydrogen (secondary N) is 1. The van der Waals surface area contributed by atoms with Gasteiger partial charge < -0.3 is 20.5 Å². The summed E-state index contributed by atoms with van der Waals surface area (Å²) in [5.41, 5.74) is 6.49. The number of anilines is 2. The number of nitrogens with zero attached hydrogens (tertiary/aromatic N) is 3. The van der Waals surface area contributed by atoms with Gasteiger partial charge in [0.15, 0.2) is 5.82 Å². The van der Waals surface area contributed by atoms with Gasteiger partial charge in [0, 0.05) is 12.1 Å². The van der Waals surface area contributed by atoms with E-state index in [2.05, 4.69) is 27.4 Å². The molecule has 3 N–H and O–H groups in total. The maximum absolute atomic E-state index is 5.58. The molecule has 0 saturated heterocycles. The lowest BCUT2D eigenvalue weighted by Gasteiger charge is -2.11. The molecule has 0 radical (unpaired) electrons. The Hall–Kier alpha value is -2.05. The molecule has 7 heteroatoms. The highest BCUT2D eigenvalue weighted by molar-refractivity contribution is 5.47. The second-order valence-electron chi connectivity index (χ2n) is 4.08. The lowest BCUT2D eigenvalue weighted by atomic mass is 10.3. The second kappa shape index (κ2) is 7.40. The van der Waals surface area contributed by atoms with Gasteiger partial charge in [0.2, 0.25) is 5.95 Å². The minimum atomic E-state index is 0.117. The van der Waals surface area contributed by atoms with Crippen LogP contribution in [0.2, 0.25) is 0 Å². The summed E-state index contributed by atoms with van der Waals surface area (Å²) in [6, 6.07) is 0. The summed E-state index contributed by atoms with van der Waals surface area (Å²) in [6.45, 7) is 6.99. The van der Waals surface area contributed by atoms with Crippen LogP contribution in [0.1, 0.15) is 27.2 Å². The Labute approximate surface area is 113 Å². The zero-order chi connectivity index (χ0) is 14.3. The molecule has 0 fully saturated rings. The van der Waals surface area contributed by atoms with Crippen LogP contribution in [-0.2, 0) is 4.74 Å². The van der Waals surface area contributed by atoms with Crippen molar-refractivity contribution in [1.29, 1.82) is 0 Å². The van der Waals surface area contributed by atoms with Gasteiger partial charge in [0.25, 0.3) is 5.88 Å². The summed E-state index contributed by atoms with van der Waals surface area (Å²) in [4.78, 5) is 4.07. The van der Waals surface area contributed by atoms with E-state index in [9.17, 15) is 0 Å². The first-order valence-corrected chi connectivity index (χ1v) is 6.15. The van der Waals surface area contributed by atoms with Gasteiger partial charge in [-0.2, -0.15) is 4.98 Å². The summed E-state index contributed by atoms with van der Waals surface area (Å²) >= 11 is 0. The smallest absolute Gasteiger partial charge is 0.277 e. The van der Waals surface area contributed by atoms with Crippen LogP contribution in [0, 0.1) is 0 Å². The van der Waals surface area contributed by atoms with E-state index < -0.39 is 0 Å². The predicted molar refractivity (Wildman–Crippen MR) is 73.9 cm³/mol. The maximum Gasteiger partial charge on any atom is 0.277 e. The quantitative estimate of drug-likeness (QED) is 0.724. The number of aromatic nitrogens is 3. The van der Waals surface area contributed by atoms with Gasteiger partial charge in [-0.3, -0.25) is 0 Å². The zero-order valence-electron chi connectivity index (χ0n) is 11.9. The molecule has 0 amide bonds. The molecule has 0 aliphatic rings. The van der Waals surface area contributed by atoms with Crippen molar-refractivity contribution in [3.8, 4) is 5.88 Å². The maximum atomic E-state index is 5.58. The van der Waals surface area contributed by atoms with E-state index in [0.29, 0.717) is 18.3 Å². The van der Waals surface area contributed by atoms with E-state index in [4.69, 9.17) is 15.2 Å². The highest BCUT2D eigenvalue weighted by Crippen LogP contribution is 2.19. The molecule has 1 aromatic rings. The van der Waals surface area contributed by atoms with Crippen LogP contribution in [-0.4, -0.2) is 35.4 Å². The Morgan fingerprint density at radius 3 is 2.68 bits per heavy atom. The van der Waals surface area contributed by atoms with Crippen molar-refractivity contribution in [2.75, 3.05) is 31.3 Å². The molecule has 0 aromatic carbocycles. The molecule has 0 atom stereocenters. The number of hydrogen-bond donors (Lipinski definition) is 2. The molecular formula is C12H21N5O2. The molecule has 0 saturated carbocycles. The Bertz CT molecular complexity index is 448. The standard InChI is InChI=1S/C12H21N5O2/c1-5-6-14-10-11(16-17-12(13)15-10)19-7-8(2)9(3)18-4/h5-7H2,1-4H3,(H3,13,14,15,17). The molecule has 1 heterocycles. The number of ether oxygens (including phenoxy) is 2. The fourth-order valence-electron chi connectivity index (χ4n) is 1.24. The van der Waals surface area contributed by atoms with Gasteiger partial charge in [-0.15, -0.1) is 10.2 Å². The van der Waals surface area contributed by atoms with Gasteiger partial charge in [-0.1, -0.05) is 6.92 Å². The Balaban J connectivity index is 2.77. The molecule has 7 nitrogen and oxygen atoms in total. The topological polar surface area (TPSA) is 95.2 Å². The Morgan fingerprint density at radius 2 is 2.05 bits per heavy atom. The normalized spacial score (nSPS) is 11.8. The third-order valence-corrected chi connectivity index (χ3v) is 2.55. The fourth-order valence-corrected chi connectivity index (χ4v) is 1.24. The molecule has 0 spiro atoms. The molecule has 0 aliphatic carbocycles. The zero-order valence-corrected chi connectivity index (χ0v) is 11.9. The summed E-state index contributed by atoms with van der Waals surface area (Å²) < 4.78 is 10.7. The van der Waals surface area contributed by atoms with Crippen LogP contribution < -0.4 is 15.8 Å². The van der Waals surface area contributed by atoms with Gasteiger partial charge >= 0.3 is 0 Å². The number of allylic oxidation sites excluding steroid dienone is 1. The van der Waals surface area contributed by atoms with Crippen molar-refractivity contribution in [3.05, 3.63) is 11.3 Å². The van der Waals surface area contributed by atoms with Crippen molar-refractivity contribution in [2.45, 2.75) is 27.2 Å². The van der Waals surface area contributed by atoms with Crippen LogP contribution in [0.15, 0.2) is 11.3 Å². The average molecular weight is 267 g/mol. The summed E-state index contributed by atoms with van der Waals surface area (Å²) in [6.07, 6.45) is 0.963. The SMILES string of the molecule is CCCNc1nc(N)nnc1OCC(C)=C(C)OC. The summed E-state index contributed by atoms with van der Waals surface area (Å²) in [7, 11) is 1.62. The largest absolute Gasteiger partial charge is 0.501 e. The number of nitrogen functional groups attached to an aromatic ring is 1. The number of rotatable bonds is 7. The molecule has 1 rings (SSSR count). The first-order chi connectivity index (χ1) is 9.08. The number of nitrogens with two attached hydrogens (primary N) is 1. The summed E-state index contributed by atoms with van der Waals surface area (Å²) in [5.74, 6) is 1.79. The van der Waals surface area contributed by atoms with Crippen LogP contribution in [0.3, 0.4) is 0 Å². The Kier molecular flexibility index (Phi) is 5.84. The number of hydrogen-bond acceptors (Lipinski definition) is 7. The third kappa shape index (κ3) is 4.61. The van der Waals surface area contributed by atoms with Gasteiger partial charge in [-0.05, 0) is 20.3 Å². The monoisotopic (exact) mass is 267 g/mol.